The smallest absolute Gasteiger partial charge is 0.132 e. The van der Waals surface area contributed by atoms with Gasteiger partial charge in [-0.15, -0.1) is 0 Å². The van der Waals surface area contributed by atoms with Crippen LogP contribution in [0, 0.1) is 18.6 Å². The number of hydrogen-bond donors (Lipinski definition) is 1. The van der Waals surface area contributed by atoms with Crippen LogP contribution in [0.25, 0.3) is 0 Å². The van der Waals surface area contributed by atoms with Crippen molar-refractivity contribution in [3.8, 4) is 5.75 Å². The molecule has 4 heteroatoms. The van der Waals surface area contributed by atoms with Gasteiger partial charge in [0.15, 0.2) is 0 Å². The van der Waals surface area contributed by atoms with E-state index in [0.29, 0.717) is 0 Å². The van der Waals surface area contributed by atoms with Gasteiger partial charge in [0.1, 0.15) is 24.0 Å². The first-order valence-corrected chi connectivity index (χ1v) is 5.27. The minimum atomic E-state index is -0.686. The van der Waals surface area contributed by atoms with E-state index in [1.807, 2.05) is 13.8 Å². The Morgan fingerprint density at radius 1 is 1.31 bits per heavy atom. The van der Waals surface area contributed by atoms with E-state index in [4.69, 9.17) is 9.84 Å². The minimum absolute atomic E-state index is 0.0176. The summed E-state index contributed by atoms with van der Waals surface area (Å²) in [5.41, 5.74) is 0.243. The van der Waals surface area contributed by atoms with Gasteiger partial charge in [-0.2, -0.15) is 0 Å². The fraction of sp³-hybridized carbons (Fsp3) is 0.500. The molecule has 16 heavy (non-hydrogen) atoms. The summed E-state index contributed by atoms with van der Waals surface area (Å²) in [7, 11) is 0. The van der Waals surface area contributed by atoms with Gasteiger partial charge in [-0.1, -0.05) is 13.8 Å². The molecule has 1 N–H and O–H groups in total. The van der Waals surface area contributed by atoms with Crippen molar-refractivity contribution in [2.45, 2.75) is 33.8 Å². The maximum absolute atomic E-state index is 13.0. The summed E-state index contributed by atoms with van der Waals surface area (Å²) in [6.45, 7) is 7.04. The Bertz CT molecular complexity index is 325. The van der Waals surface area contributed by atoms with Crippen molar-refractivity contribution in [3.05, 3.63) is 29.3 Å². The van der Waals surface area contributed by atoms with Crippen LogP contribution in [-0.4, -0.2) is 17.8 Å². The van der Waals surface area contributed by atoms with Gasteiger partial charge in [0.25, 0.3) is 0 Å². The number of aliphatic hydroxyl groups excluding tert-OH is 1. The van der Waals surface area contributed by atoms with Gasteiger partial charge in [0, 0.05) is 17.7 Å². The lowest BCUT2D eigenvalue weighted by Crippen LogP contribution is -2.13. The molecule has 1 aromatic carbocycles. The molecule has 0 saturated heterocycles. The van der Waals surface area contributed by atoms with Gasteiger partial charge in [0.05, 0.1) is 6.10 Å². The van der Waals surface area contributed by atoms with Crippen LogP contribution < -0.4 is 4.74 Å². The second-order valence-electron chi connectivity index (χ2n) is 3.17. The summed E-state index contributed by atoms with van der Waals surface area (Å²) in [5, 5.41) is 8.93. The molecule has 0 heterocycles. The topological polar surface area (TPSA) is 29.5 Å². The van der Waals surface area contributed by atoms with Crippen LogP contribution in [0.4, 0.5) is 8.78 Å². The van der Waals surface area contributed by atoms with Gasteiger partial charge >= 0.3 is 0 Å². The van der Waals surface area contributed by atoms with E-state index >= 15 is 0 Å². The van der Waals surface area contributed by atoms with Crippen molar-refractivity contribution in [1.29, 1.82) is 0 Å². The van der Waals surface area contributed by atoms with Crippen molar-refractivity contribution in [2.75, 3.05) is 6.61 Å². The third-order valence-corrected chi connectivity index (χ3v) is 1.74. The SMILES string of the molecule is CC.Cc1c(F)cc(F)cc1OCC(C)O. The van der Waals surface area contributed by atoms with E-state index in [1.165, 1.54) is 13.8 Å². The van der Waals surface area contributed by atoms with Gasteiger partial charge in [-0.05, 0) is 13.8 Å². The van der Waals surface area contributed by atoms with E-state index < -0.39 is 17.7 Å². The fourth-order valence-electron chi connectivity index (χ4n) is 0.982. The molecule has 1 rings (SSSR count). The Morgan fingerprint density at radius 2 is 1.88 bits per heavy atom. The third-order valence-electron chi connectivity index (χ3n) is 1.74. The fourth-order valence-corrected chi connectivity index (χ4v) is 0.982. The normalized spacial score (nSPS) is 11.4. The molecule has 0 aliphatic heterocycles. The van der Waals surface area contributed by atoms with Gasteiger partial charge in [-0.3, -0.25) is 0 Å². The van der Waals surface area contributed by atoms with E-state index in [1.54, 1.807) is 0 Å². The molecule has 0 spiro atoms. The van der Waals surface area contributed by atoms with Crippen LogP contribution in [0.1, 0.15) is 26.3 Å². The molecule has 1 aromatic rings. The molecule has 0 saturated carbocycles. The average Bonchev–Trinajstić information content (AvgIpc) is 2.24. The largest absolute Gasteiger partial charge is 0.490 e. The molecular formula is C12H18F2O2. The van der Waals surface area contributed by atoms with Crippen molar-refractivity contribution < 1.29 is 18.6 Å². The second kappa shape index (κ2) is 7.17. The minimum Gasteiger partial charge on any atom is -0.490 e. The Balaban J connectivity index is 0.00000106. The van der Waals surface area contributed by atoms with Crippen LogP contribution in [-0.2, 0) is 0 Å². The maximum atomic E-state index is 13.0. The van der Waals surface area contributed by atoms with Crippen molar-refractivity contribution in [3.63, 3.8) is 0 Å². The third kappa shape index (κ3) is 4.57. The Kier molecular flexibility index (Phi) is 6.65. The number of halogens is 2. The van der Waals surface area contributed by atoms with Gasteiger partial charge < -0.3 is 9.84 Å². The summed E-state index contributed by atoms with van der Waals surface area (Å²) < 4.78 is 30.8. The van der Waals surface area contributed by atoms with Crippen LogP contribution in [0.15, 0.2) is 12.1 Å². The monoisotopic (exact) mass is 232 g/mol. The summed E-state index contributed by atoms with van der Waals surface area (Å²) in [4.78, 5) is 0. The van der Waals surface area contributed by atoms with Crippen molar-refractivity contribution in [2.24, 2.45) is 0 Å². The lowest BCUT2D eigenvalue weighted by molar-refractivity contribution is 0.122. The zero-order chi connectivity index (χ0) is 12.7. The highest BCUT2D eigenvalue weighted by Gasteiger charge is 2.08. The molecule has 0 radical (unpaired) electrons. The summed E-state index contributed by atoms with van der Waals surface area (Å²) in [6, 6.07) is 1.89. The van der Waals surface area contributed by atoms with Gasteiger partial charge in [-0.25, -0.2) is 8.78 Å². The van der Waals surface area contributed by atoms with E-state index in [0.717, 1.165) is 12.1 Å². The molecule has 1 unspecified atom stereocenters. The molecule has 0 amide bonds. The van der Waals surface area contributed by atoms with Crippen LogP contribution in [0.2, 0.25) is 0 Å². The zero-order valence-electron chi connectivity index (χ0n) is 10.1. The highest BCUT2D eigenvalue weighted by atomic mass is 19.1. The first-order valence-electron chi connectivity index (χ1n) is 5.27. The molecule has 0 aliphatic rings. The first-order chi connectivity index (χ1) is 7.50. The highest BCUT2D eigenvalue weighted by molar-refractivity contribution is 5.34. The molecule has 0 bridgehead atoms. The van der Waals surface area contributed by atoms with E-state index in [9.17, 15) is 8.78 Å². The van der Waals surface area contributed by atoms with Gasteiger partial charge in [0.2, 0.25) is 0 Å². The second-order valence-corrected chi connectivity index (χ2v) is 3.17. The first kappa shape index (κ1) is 14.8. The predicted octanol–water partition coefficient (Wildman–Crippen LogP) is 3.06. The lowest BCUT2D eigenvalue weighted by Gasteiger charge is -2.11. The Morgan fingerprint density at radius 3 is 2.38 bits per heavy atom. The molecular weight excluding hydrogens is 214 g/mol. The molecule has 1 atom stereocenters. The molecule has 2 nitrogen and oxygen atoms in total. The highest BCUT2D eigenvalue weighted by Crippen LogP contribution is 2.22. The van der Waals surface area contributed by atoms with Crippen LogP contribution >= 0.6 is 0 Å². The zero-order valence-corrected chi connectivity index (χ0v) is 10.1. The number of hydrogen-bond acceptors (Lipinski definition) is 2. The quantitative estimate of drug-likeness (QED) is 0.867. The maximum Gasteiger partial charge on any atom is 0.132 e. The average molecular weight is 232 g/mol. The lowest BCUT2D eigenvalue weighted by atomic mass is 10.2. The standard InChI is InChI=1S/C10H12F2O2.C2H6/c1-6(13)5-14-10-4-8(11)3-9(12)7(10)2;1-2/h3-4,6,13H,5H2,1-2H3;1-2H3. The van der Waals surface area contributed by atoms with E-state index in [-0.39, 0.29) is 17.9 Å². The molecule has 0 aromatic heterocycles. The van der Waals surface area contributed by atoms with E-state index in [2.05, 4.69) is 0 Å². The summed E-state index contributed by atoms with van der Waals surface area (Å²) in [6.07, 6.45) is -0.666. The van der Waals surface area contributed by atoms with Crippen molar-refractivity contribution in [1.82, 2.24) is 0 Å². The Labute approximate surface area is 94.9 Å². The molecule has 0 aliphatic carbocycles. The summed E-state index contributed by atoms with van der Waals surface area (Å²) in [5.74, 6) is -1.21. The molecule has 92 valence electrons. The summed E-state index contributed by atoms with van der Waals surface area (Å²) >= 11 is 0. The van der Waals surface area contributed by atoms with Crippen LogP contribution in [0.5, 0.6) is 5.75 Å². The Hall–Kier alpha value is -1.16. The number of aliphatic hydroxyl groups is 1. The van der Waals surface area contributed by atoms with Crippen LogP contribution in [0.3, 0.4) is 0 Å². The number of rotatable bonds is 3. The number of ether oxygens (including phenoxy) is 1. The number of benzene rings is 1. The molecule has 0 fully saturated rings. The predicted molar refractivity (Wildman–Crippen MR) is 59.6 cm³/mol. The van der Waals surface area contributed by atoms with Crippen molar-refractivity contribution >= 4 is 0 Å².